The highest BCUT2D eigenvalue weighted by molar-refractivity contribution is 9.10. The molecule has 0 radical (unpaired) electrons. The minimum atomic E-state index is -0.570. The third kappa shape index (κ3) is 2.91. The Balaban J connectivity index is 2.16. The summed E-state index contributed by atoms with van der Waals surface area (Å²) in [6, 6.07) is 5.59. The maximum atomic E-state index is 9.72. The van der Waals surface area contributed by atoms with Gasteiger partial charge in [-0.15, -0.1) is 0 Å². The van der Waals surface area contributed by atoms with Gasteiger partial charge in [-0.25, -0.2) is 4.98 Å². The first-order valence-corrected chi connectivity index (χ1v) is 6.43. The van der Waals surface area contributed by atoms with Crippen LogP contribution in [0.4, 0.5) is 0 Å². The molecule has 0 unspecified atom stereocenters. The fourth-order valence-electron chi connectivity index (χ4n) is 1.66. The molecule has 0 bridgehead atoms. The van der Waals surface area contributed by atoms with E-state index in [0.717, 1.165) is 15.9 Å². The summed E-state index contributed by atoms with van der Waals surface area (Å²) in [6.07, 6.45) is 3.03. The number of nitrogens with zero attached hydrogens (tertiary/aromatic N) is 2. The fourth-order valence-corrected chi connectivity index (χ4v) is 2.03. The lowest BCUT2D eigenvalue weighted by Gasteiger charge is -2.13. The number of aryl methyl sites for hydroxylation is 1. The molecule has 1 heterocycles. The Morgan fingerprint density at radius 1 is 1.50 bits per heavy atom. The van der Waals surface area contributed by atoms with Crippen LogP contribution in [0.1, 0.15) is 24.4 Å². The molecule has 5 heteroatoms. The molecule has 0 saturated heterocycles. The molecule has 1 N–H and O–H groups in total. The zero-order valence-electron chi connectivity index (χ0n) is 10.3. The van der Waals surface area contributed by atoms with Crippen LogP contribution in [0, 0.1) is 0 Å². The Labute approximate surface area is 114 Å². The number of ether oxygens (including phenoxy) is 1. The van der Waals surface area contributed by atoms with E-state index < -0.39 is 6.10 Å². The summed E-state index contributed by atoms with van der Waals surface area (Å²) in [6.45, 7) is 2.10. The highest BCUT2D eigenvalue weighted by Crippen LogP contribution is 2.28. The topological polar surface area (TPSA) is 47.3 Å². The first kappa shape index (κ1) is 13.1. The number of aliphatic hydroxyl groups excluding tert-OH is 1. The summed E-state index contributed by atoms with van der Waals surface area (Å²) >= 11 is 3.38. The zero-order valence-corrected chi connectivity index (χ0v) is 11.9. The van der Waals surface area contributed by atoms with Crippen molar-refractivity contribution in [3.8, 4) is 5.75 Å². The van der Waals surface area contributed by atoms with Crippen LogP contribution < -0.4 is 4.74 Å². The highest BCUT2D eigenvalue weighted by Gasteiger charge is 2.10. The van der Waals surface area contributed by atoms with Crippen molar-refractivity contribution >= 4 is 15.9 Å². The van der Waals surface area contributed by atoms with Gasteiger partial charge >= 0.3 is 0 Å². The van der Waals surface area contributed by atoms with Gasteiger partial charge in [-0.05, 0) is 25.1 Å². The lowest BCUT2D eigenvalue weighted by Crippen LogP contribution is -2.05. The maximum Gasteiger partial charge on any atom is 0.146 e. The molecule has 0 amide bonds. The van der Waals surface area contributed by atoms with Crippen LogP contribution in [0.3, 0.4) is 0 Å². The number of aliphatic hydroxyl groups is 1. The molecule has 4 nitrogen and oxygen atoms in total. The van der Waals surface area contributed by atoms with Gasteiger partial charge in [0, 0.05) is 29.5 Å². The molecular formula is C13H15BrN2O2. The molecular weight excluding hydrogens is 296 g/mol. The van der Waals surface area contributed by atoms with Crippen molar-refractivity contribution in [2.75, 3.05) is 0 Å². The van der Waals surface area contributed by atoms with E-state index in [2.05, 4.69) is 20.9 Å². The number of benzene rings is 1. The summed E-state index contributed by atoms with van der Waals surface area (Å²) in [7, 11) is 1.92. The van der Waals surface area contributed by atoms with Gasteiger partial charge in [-0.1, -0.05) is 15.9 Å². The normalized spacial score (nSPS) is 12.4. The lowest BCUT2D eigenvalue weighted by molar-refractivity contribution is 0.189. The molecule has 0 fully saturated rings. The van der Waals surface area contributed by atoms with E-state index in [1.54, 1.807) is 13.1 Å². The fraction of sp³-hybridized carbons (Fsp3) is 0.308. The van der Waals surface area contributed by atoms with Gasteiger partial charge in [0.2, 0.25) is 0 Å². The molecule has 1 aromatic heterocycles. The highest BCUT2D eigenvalue weighted by atomic mass is 79.9. The quantitative estimate of drug-likeness (QED) is 0.944. The summed E-state index contributed by atoms with van der Waals surface area (Å²) < 4.78 is 8.54. The monoisotopic (exact) mass is 310 g/mol. The van der Waals surface area contributed by atoms with Gasteiger partial charge in [0.25, 0.3) is 0 Å². The summed E-state index contributed by atoms with van der Waals surface area (Å²) in [4.78, 5) is 4.19. The summed E-state index contributed by atoms with van der Waals surface area (Å²) in [5.41, 5.74) is 0.763. The average Bonchev–Trinajstić information content (AvgIpc) is 2.73. The van der Waals surface area contributed by atoms with E-state index in [4.69, 9.17) is 4.74 Å². The predicted molar refractivity (Wildman–Crippen MR) is 72.3 cm³/mol. The molecule has 1 aromatic carbocycles. The van der Waals surface area contributed by atoms with Crippen molar-refractivity contribution in [1.82, 2.24) is 9.55 Å². The third-order valence-electron chi connectivity index (χ3n) is 2.70. The van der Waals surface area contributed by atoms with E-state index in [0.29, 0.717) is 12.4 Å². The standard InChI is InChI=1S/C13H15BrN2O2/c1-9(17)11-7-10(14)3-4-12(11)18-8-13-15-5-6-16(13)2/h3-7,9,17H,8H2,1-2H3/t9-/m0/s1. The van der Waals surface area contributed by atoms with Gasteiger partial charge in [-0.2, -0.15) is 0 Å². The van der Waals surface area contributed by atoms with Crippen molar-refractivity contribution in [3.05, 3.63) is 46.5 Å². The van der Waals surface area contributed by atoms with Crippen LogP contribution in [0.5, 0.6) is 5.75 Å². The molecule has 2 rings (SSSR count). The van der Waals surface area contributed by atoms with Crippen LogP contribution in [-0.2, 0) is 13.7 Å². The Morgan fingerprint density at radius 2 is 2.28 bits per heavy atom. The van der Waals surface area contributed by atoms with Crippen LogP contribution in [-0.4, -0.2) is 14.7 Å². The number of hydrogen-bond acceptors (Lipinski definition) is 3. The first-order chi connectivity index (χ1) is 8.58. The third-order valence-corrected chi connectivity index (χ3v) is 3.19. The molecule has 96 valence electrons. The summed E-state index contributed by atoms with van der Waals surface area (Å²) in [5.74, 6) is 1.52. The number of rotatable bonds is 4. The van der Waals surface area contributed by atoms with E-state index in [1.807, 2.05) is 36.0 Å². The van der Waals surface area contributed by atoms with E-state index in [1.165, 1.54) is 0 Å². The molecule has 18 heavy (non-hydrogen) atoms. The first-order valence-electron chi connectivity index (χ1n) is 5.64. The number of aromatic nitrogens is 2. The minimum absolute atomic E-state index is 0.380. The molecule has 1 atom stereocenters. The smallest absolute Gasteiger partial charge is 0.146 e. The SMILES string of the molecule is C[C@H](O)c1cc(Br)ccc1OCc1nccn1C. The average molecular weight is 311 g/mol. The Hall–Kier alpha value is -1.33. The Kier molecular flexibility index (Phi) is 4.04. The van der Waals surface area contributed by atoms with E-state index in [-0.39, 0.29) is 0 Å². The van der Waals surface area contributed by atoms with Crippen molar-refractivity contribution < 1.29 is 9.84 Å². The van der Waals surface area contributed by atoms with Crippen molar-refractivity contribution in [1.29, 1.82) is 0 Å². The maximum absolute atomic E-state index is 9.72. The largest absolute Gasteiger partial charge is 0.485 e. The molecule has 0 aliphatic rings. The second kappa shape index (κ2) is 5.54. The van der Waals surface area contributed by atoms with Crippen molar-refractivity contribution in [2.45, 2.75) is 19.6 Å². The molecule has 0 aliphatic heterocycles. The van der Waals surface area contributed by atoms with Crippen molar-refractivity contribution in [2.24, 2.45) is 7.05 Å². The number of hydrogen-bond donors (Lipinski definition) is 1. The van der Waals surface area contributed by atoms with Gasteiger partial charge in [0.15, 0.2) is 0 Å². The van der Waals surface area contributed by atoms with Gasteiger partial charge < -0.3 is 14.4 Å². The van der Waals surface area contributed by atoms with Gasteiger partial charge in [-0.3, -0.25) is 0 Å². The van der Waals surface area contributed by atoms with E-state index in [9.17, 15) is 5.11 Å². The second-order valence-electron chi connectivity index (χ2n) is 4.10. The van der Waals surface area contributed by atoms with Crippen LogP contribution in [0.15, 0.2) is 35.1 Å². The Bertz CT molecular complexity index is 538. The second-order valence-corrected chi connectivity index (χ2v) is 5.02. The van der Waals surface area contributed by atoms with Crippen molar-refractivity contribution in [3.63, 3.8) is 0 Å². The predicted octanol–water partition coefficient (Wildman–Crippen LogP) is 2.81. The number of halogens is 1. The van der Waals surface area contributed by atoms with Gasteiger partial charge in [0.1, 0.15) is 18.2 Å². The molecule has 0 saturated carbocycles. The minimum Gasteiger partial charge on any atom is -0.485 e. The van der Waals surface area contributed by atoms with E-state index >= 15 is 0 Å². The lowest BCUT2D eigenvalue weighted by atomic mass is 10.1. The molecule has 0 aliphatic carbocycles. The van der Waals surface area contributed by atoms with Gasteiger partial charge in [0.05, 0.1) is 6.10 Å². The Morgan fingerprint density at radius 3 is 2.89 bits per heavy atom. The van der Waals surface area contributed by atoms with Crippen LogP contribution >= 0.6 is 15.9 Å². The van der Waals surface area contributed by atoms with Crippen LogP contribution in [0.25, 0.3) is 0 Å². The molecule has 0 spiro atoms. The zero-order chi connectivity index (χ0) is 13.1. The summed E-state index contributed by atoms with van der Waals surface area (Å²) in [5, 5.41) is 9.72. The van der Waals surface area contributed by atoms with Crippen LogP contribution in [0.2, 0.25) is 0 Å². The number of imidazole rings is 1. The molecule has 2 aromatic rings.